The van der Waals surface area contributed by atoms with Gasteiger partial charge in [0, 0.05) is 16.3 Å². The highest BCUT2D eigenvalue weighted by molar-refractivity contribution is 7.18. The molecule has 0 fully saturated rings. The molecule has 0 saturated carbocycles. The summed E-state index contributed by atoms with van der Waals surface area (Å²) in [4.78, 5) is 12.1. The van der Waals surface area contributed by atoms with Crippen LogP contribution >= 0.6 is 34.3 Å². The fraction of sp³-hybridized carbons (Fsp3) is 0.231. The number of hydrazine groups is 1. The van der Waals surface area contributed by atoms with Crippen molar-refractivity contribution in [3.63, 3.8) is 0 Å². The first-order valence-electron chi connectivity index (χ1n) is 6.38. The van der Waals surface area contributed by atoms with Crippen LogP contribution in [0.15, 0.2) is 18.2 Å². The molecule has 0 amide bonds. The van der Waals surface area contributed by atoms with Crippen LogP contribution < -0.4 is 16.6 Å². The minimum absolute atomic E-state index is 0.422. The SMILES string of the molecule is Cc1cc2c(NCCc3ccc(Cl)s3)nc(NN)nc2s1. The average molecular weight is 340 g/mol. The average Bonchev–Trinajstić information content (AvgIpc) is 3.03. The summed E-state index contributed by atoms with van der Waals surface area (Å²) in [6.07, 6.45) is 0.900. The summed E-state index contributed by atoms with van der Waals surface area (Å²) >= 11 is 9.16. The van der Waals surface area contributed by atoms with Gasteiger partial charge in [-0.05, 0) is 31.5 Å². The second-order valence-corrected chi connectivity index (χ2v) is 7.53. The van der Waals surface area contributed by atoms with Gasteiger partial charge in [0.1, 0.15) is 10.6 Å². The van der Waals surface area contributed by atoms with Gasteiger partial charge in [0.2, 0.25) is 5.95 Å². The number of aryl methyl sites for hydroxylation is 1. The predicted molar refractivity (Wildman–Crippen MR) is 91.5 cm³/mol. The third-order valence-electron chi connectivity index (χ3n) is 2.94. The van der Waals surface area contributed by atoms with Crippen LogP contribution in [0.5, 0.6) is 0 Å². The van der Waals surface area contributed by atoms with E-state index in [0.717, 1.165) is 33.3 Å². The van der Waals surface area contributed by atoms with E-state index < -0.39 is 0 Å². The summed E-state index contributed by atoms with van der Waals surface area (Å²) in [7, 11) is 0. The molecule has 0 aliphatic heterocycles. The lowest BCUT2D eigenvalue weighted by molar-refractivity contribution is 1.03. The Bertz CT molecular complexity index is 767. The zero-order chi connectivity index (χ0) is 14.8. The van der Waals surface area contributed by atoms with E-state index in [4.69, 9.17) is 17.4 Å². The molecule has 0 aromatic carbocycles. The van der Waals surface area contributed by atoms with Crippen LogP contribution in [0, 0.1) is 6.92 Å². The number of thiophene rings is 2. The van der Waals surface area contributed by atoms with Crippen molar-refractivity contribution >= 4 is 56.3 Å². The van der Waals surface area contributed by atoms with Crippen LogP contribution in [0.2, 0.25) is 4.34 Å². The maximum Gasteiger partial charge on any atom is 0.240 e. The lowest BCUT2D eigenvalue weighted by atomic mass is 10.3. The normalized spacial score (nSPS) is 11.0. The molecule has 0 aliphatic rings. The molecule has 0 spiro atoms. The Morgan fingerprint density at radius 3 is 2.86 bits per heavy atom. The monoisotopic (exact) mass is 339 g/mol. The fourth-order valence-electron chi connectivity index (χ4n) is 2.03. The molecular formula is C13H14ClN5S2. The van der Waals surface area contributed by atoms with Crippen molar-refractivity contribution in [2.75, 3.05) is 17.3 Å². The molecule has 21 heavy (non-hydrogen) atoms. The van der Waals surface area contributed by atoms with Gasteiger partial charge in [0.25, 0.3) is 0 Å². The fourth-order valence-corrected chi connectivity index (χ4v) is 4.00. The molecule has 0 unspecified atom stereocenters. The topological polar surface area (TPSA) is 75.9 Å². The van der Waals surface area contributed by atoms with Crippen molar-refractivity contribution in [1.29, 1.82) is 0 Å². The predicted octanol–water partition coefficient (Wildman–Crippen LogP) is 3.65. The van der Waals surface area contributed by atoms with Crippen LogP contribution in [-0.4, -0.2) is 16.5 Å². The molecule has 3 rings (SSSR count). The van der Waals surface area contributed by atoms with Crippen LogP contribution in [0.4, 0.5) is 11.8 Å². The highest BCUT2D eigenvalue weighted by Crippen LogP contribution is 2.29. The van der Waals surface area contributed by atoms with Crippen molar-refractivity contribution in [3.05, 3.63) is 32.3 Å². The maximum absolute atomic E-state index is 5.93. The van der Waals surface area contributed by atoms with E-state index in [-0.39, 0.29) is 0 Å². The number of nitrogen functional groups attached to an aromatic ring is 1. The third-order valence-corrected chi connectivity index (χ3v) is 5.17. The van der Waals surface area contributed by atoms with E-state index in [0.29, 0.717) is 5.95 Å². The van der Waals surface area contributed by atoms with E-state index >= 15 is 0 Å². The number of rotatable bonds is 5. The molecule has 0 aliphatic carbocycles. The Morgan fingerprint density at radius 2 is 2.14 bits per heavy atom. The minimum atomic E-state index is 0.422. The molecular weight excluding hydrogens is 326 g/mol. The van der Waals surface area contributed by atoms with Crippen LogP contribution in [0.3, 0.4) is 0 Å². The lowest BCUT2D eigenvalue weighted by Crippen LogP contribution is -2.13. The van der Waals surface area contributed by atoms with Crippen LogP contribution in [-0.2, 0) is 6.42 Å². The quantitative estimate of drug-likeness (QED) is 0.488. The van der Waals surface area contributed by atoms with Crippen molar-refractivity contribution < 1.29 is 0 Å². The van der Waals surface area contributed by atoms with Gasteiger partial charge >= 0.3 is 0 Å². The molecule has 4 N–H and O–H groups in total. The minimum Gasteiger partial charge on any atom is -0.369 e. The number of hydrogen-bond acceptors (Lipinski definition) is 7. The second-order valence-electron chi connectivity index (χ2n) is 4.50. The Balaban J connectivity index is 1.78. The number of aromatic nitrogens is 2. The van der Waals surface area contributed by atoms with Crippen molar-refractivity contribution in [3.8, 4) is 0 Å². The number of nitrogens with zero attached hydrogens (tertiary/aromatic N) is 2. The lowest BCUT2D eigenvalue weighted by Gasteiger charge is -2.07. The van der Waals surface area contributed by atoms with Gasteiger partial charge < -0.3 is 5.32 Å². The van der Waals surface area contributed by atoms with E-state index in [1.165, 1.54) is 9.75 Å². The number of fused-ring (bicyclic) bond motifs is 1. The first kappa shape index (κ1) is 14.5. The molecule has 3 aromatic rings. The van der Waals surface area contributed by atoms with Gasteiger partial charge in [0.05, 0.1) is 9.72 Å². The molecule has 5 nitrogen and oxygen atoms in total. The molecule has 0 bridgehead atoms. The summed E-state index contributed by atoms with van der Waals surface area (Å²) in [5, 5.41) is 4.39. The molecule has 8 heteroatoms. The van der Waals surface area contributed by atoms with Gasteiger partial charge in [-0.3, -0.25) is 5.43 Å². The Morgan fingerprint density at radius 1 is 1.29 bits per heavy atom. The Labute approximate surface area is 135 Å². The second kappa shape index (κ2) is 6.15. The number of halogens is 1. The highest BCUT2D eigenvalue weighted by Gasteiger charge is 2.10. The highest BCUT2D eigenvalue weighted by atomic mass is 35.5. The number of anilines is 2. The Kier molecular flexibility index (Phi) is 4.25. The summed E-state index contributed by atoms with van der Waals surface area (Å²) in [6.45, 7) is 2.83. The summed E-state index contributed by atoms with van der Waals surface area (Å²) in [6, 6.07) is 6.06. The van der Waals surface area contributed by atoms with Crippen molar-refractivity contribution in [2.45, 2.75) is 13.3 Å². The van der Waals surface area contributed by atoms with Crippen LogP contribution in [0.25, 0.3) is 10.2 Å². The number of hydrogen-bond donors (Lipinski definition) is 3. The molecule has 3 aromatic heterocycles. The zero-order valence-corrected chi connectivity index (χ0v) is 13.7. The smallest absolute Gasteiger partial charge is 0.240 e. The van der Waals surface area contributed by atoms with Crippen molar-refractivity contribution in [1.82, 2.24) is 9.97 Å². The van der Waals surface area contributed by atoms with E-state index in [9.17, 15) is 0 Å². The van der Waals surface area contributed by atoms with Gasteiger partial charge in [-0.25, -0.2) is 10.8 Å². The van der Waals surface area contributed by atoms with E-state index in [1.54, 1.807) is 22.7 Å². The first-order valence-corrected chi connectivity index (χ1v) is 8.39. The molecule has 0 radical (unpaired) electrons. The number of nitrogens with one attached hydrogen (secondary N) is 2. The molecule has 0 atom stereocenters. The zero-order valence-electron chi connectivity index (χ0n) is 11.3. The molecule has 110 valence electrons. The first-order chi connectivity index (χ1) is 10.2. The third kappa shape index (κ3) is 3.26. The summed E-state index contributed by atoms with van der Waals surface area (Å²) in [5.74, 6) is 6.66. The molecule has 3 heterocycles. The van der Waals surface area contributed by atoms with Gasteiger partial charge in [0.15, 0.2) is 0 Å². The Hall–Kier alpha value is -1.41. The van der Waals surface area contributed by atoms with Gasteiger partial charge in [-0.15, -0.1) is 22.7 Å². The summed E-state index contributed by atoms with van der Waals surface area (Å²) in [5.41, 5.74) is 2.51. The number of nitrogens with two attached hydrogens (primary N) is 1. The van der Waals surface area contributed by atoms with E-state index in [2.05, 4.69) is 33.7 Å². The van der Waals surface area contributed by atoms with Gasteiger partial charge in [-0.1, -0.05) is 11.6 Å². The summed E-state index contributed by atoms with van der Waals surface area (Å²) < 4.78 is 0.817. The van der Waals surface area contributed by atoms with Crippen LogP contribution in [0.1, 0.15) is 9.75 Å². The van der Waals surface area contributed by atoms with Crippen molar-refractivity contribution in [2.24, 2.45) is 5.84 Å². The largest absolute Gasteiger partial charge is 0.369 e. The molecule has 0 saturated heterocycles. The standard InChI is InChI=1S/C13H14ClN5S2/c1-7-6-9-11(17-13(19-15)18-12(9)20-7)16-5-4-8-2-3-10(14)21-8/h2-3,6H,4-5,15H2,1H3,(H2,16,17,18,19). The maximum atomic E-state index is 5.93. The van der Waals surface area contributed by atoms with E-state index in [1.807, 2.05) is 12.1 Å². The van der Waals surface area contributed by atoms with Gasteiger partial charge in [-0.2, -0.15) is 4.98 Å².